The average molecular weight is 405 g/mol. The van der Waals surface area contributed by atoms with Gasteiger partial charge in [-0.05, 0) is 54.7 Å². The molecule has 5 heteroatoms. The number of hydrogen-bond acceptors (Lipinski definition) is 2. The van der Waals surface area contributed by atoms with Crippen LogP contribution < -0.4 is 15.4 Å². The van der Waals surface area contributed by atoms with Gasteiger partial charge in [0.2, 0.25) is 0 Å². The summed E-state index contributed by atoms with van der Waals surface area (Å²) in [6.45, 7) is 6.69. The number of nitrogens with one attached hydrogen (secondary N) is 2. The van der Waals surface area contributed by atoms with Crippen LogP contribution in [0.15, 0.2) is 53.0 Å². The number of ether oxygens (including phenoxy) is 1. The van der Waals surface area contributed by atoms with Gasteiger partial charge >= 0.3 is 6.03 Å². The summed E-state index contributed by atoms with van der Waals surface area (Å²) in [6.07, 6.45) is 0.379. The topological polar surface area (TPSA) is 50.4 Å². The average Bonchev–Trinajstić information content (AvgIpc) is 2.57. The minimum absolute atomic E-state index is 0.233. The van der Waals surface area contributed by atoms with Crippen LogP contribution in [0.5, 0.6) is 5.75 Å². The molecule has 0 saturated carbocycles. The molecule has 0 aliphatic carbocycles. The van der Waals surface area contributed by atoms with Gasteiger partial charge in [0.1, 0.15) is 5.75 Å². The first-order valence-electron chi connectivity index (χ1n) is 8.49. The summed E-state index contributed by atoms with van der Waals surface area (Å²) in [4.78, 5) is 11.9. The van der Waals surface area contributed by atoms with Gasteiger partial charge in [0.15, 0.2) is 6.23 Å². The summed E-state index contributed by atoms with van der Waals surface area (Å²) in [5, 5.41) is 5.63. The highest BCUT2D eigenvalue weighted by Crippen LogP contribution is 2.19. The van der Waals surface area contributed by atoms with Crippen molar-refractivity contribution in [3.8, 4) is 5.75 Å². The fourth-order valence-corrected chi connectivity index (χ4v) is 2.64. The molecule has 2 aromatic rings. The Labute approximate surface area is 158 Å². The third-order valence-electron chi connectivity index (χ3n) is 3.81. The van der Waals surface area contributed by atoms with Gasteiger partial charge in [-0.1, -0.05) is 54.0 Å². The van der Waals surface area contributed by atoms with Gasteiger partial charge in [-0.3, -0.25) is 0 Å². The van der Waals surface area contributed by atoms with E-state index in [1.54, 1.807) is 0 Å². The Balaban J connectivity index is 1.71. The minimum Gasteiger partial charge on any atom is -0.471 e. The smallest absolute Gasteiger partial charge is 0.317 e. The van der Waals surface area contributed by atoms with E-state index in [-0.39, 0.29) is 6.03 Å². The lowest BCUT2D eigenvalue weighted by Gasteiger charge is -2.17. The highest BCUT2D eigenvalue weighted by Gasteiger charge is 2.08. The Morgan fingerprint density at radius 1 is 1.04 bits per heavy atom. The van der Waals surface area contributed by atoms with Crippen molar-refractivity contribution in [3.05, 3.63) is 64.1 Å². The first kappa shape index (κ1) is 19.3. The van der Waals surface area contributed by atoms with Crippen molar-refractivity contribution < 1.29 is 9.53 Å². The van der Waals surface area contributed by atoms with Crippen LogP contribution in [0.25, 0.3) is 0 Å². The van der Waals surface area contributed by atoms with Crippen LogP contribution in [0.4, 0.5) is 4.79 Å². The van der Waals surface area contributed by atoms with Gasteiger partial charge in [-0.2, -0.15) is 0 Å². The molecule has 1 unspecified atom stereocenters. The number of hydrogen-bond donors (Lipinski definition) is 2. The van der Waals surface area contributed by atoms with Gasteiger partial charge in [0.25, 0.3) is 0 Å². The lowest BCUT2D eigenvalue weighted by atomic mass is 10.0. The monoisotopic (exact) mass is 404 g/mol. The summed E-state index contributed by atoms with van der Waals surface area (Å²) in [5.41, 5.74) is 2.44. The SMILES string of the molecule is CC(NC(=O)NCCc1ccc(Br)cc1)Oc1ccc(C(C)C)cc1. The van der Waals surface area contributed by atoms with Crippen molar-refractivity contribution in [2.24, 2.45) is 0 Å². The molecule has 2 aromatic carbocycles. The third-order valence-corrected chi connectivity index (χ3v) is 4.34. The third kappa shape index (κ3) is 6.78. The molecular weight excluding hydrogens is 380 g/mol. The molecule has 134 valence electrons. The van der Waals surface area contributed by atoms with E-state index >= 15 is 0 Å². The zero-order valence-corrected chi connectivity index (χ0v) is 16.5. The summed E-state index contributed by atoms with van der Waals surface area (Å²) < 4.78 is 6.77. The molecule has 0 aliphatic rings. The second-order valence-electron chi connectivity index (χ2n) is 6.26. The molecule has 4 nitrogen and oxygen atoms in total. The largest absolute Gasteiger partial charge is 0.471 e. The van der Waals surface area contributed by atoms with Gasteiger partial charge < -0.3 is 15.4 Å². The molecule has 0 aromatic heterocycles. The van der Waals surface area contributed by atoms with Crippen molar-refractivity contribution >= 4 is 22.0 Å². The van der Waals surface area contributed by atoms with Gasteiger partial charge in [-0.25, -0.2) is 4.79 Å². The number of urea groups is 1. The first-order chi connectivity index (χ1) is 11.9. The Bertz CT molecular complexity index is 669. The van der Waals surface area contributed by atoms with Crippen LogP contribution in [-0.4, -0.2) is 18.8 Å². The predicted octanol–water partition coefficient (Wildman–Crippen LogP) is 4.84. The molecule has 2 amide bonds. The fraction of sp³-hybridized carbons (Fsp3) is 0.350. The molecule has 0 spiro atoms. The van der Waals surface area contributed by atoms with E-state index in [0.717, 1.165) is 16.6 Å². The van der Waals surface area contributed by atoms with Crippen molar-refractivity contribution in [3.63, 3.8) is 0 Å². The number of benzene rings is 2. The minimum atomic E-state index is -0.405. The second-order valence-corrected chi connectivity index (χ2v) is 7.18. The second kappa shape index (κ2) is 9.47. The van der Waals surface area contributed by atoms with Crippen molar-refractivity contribution in [2.75, 3.05) is 6.54 Å². The molecule has 2 rings (SSSR count). The summed E-state index contributed by atoms with van der Waals surface area (Å²) in [6, 6.07) is 15.8. The van der Waals surface area contributed by atoms with Gasteiger partial charge in [0.05, 0.1) is 0 Å². The normalized spacial score (nSPS) is 11.9. The molecule has 0 radical (unpaired) electrons. The van der Waals surface area contributed by atoms with Crippen LogP contribution in [0, 0.1) is 0 Å². The number of rotatable bonds is 7. The van der Waals surface area contributed by atoms with Crippen molar-refractivity contribution in [1.82, 2.24) is 10.6 Å². The van der Waals surface area contributed by atoms with E-state index in [9.17, 15) is 4.79 Å². The maximum atomic E-state index is 11.9. The van der Waals surface area contributed by atoms with Crippen LogP contribution in [0.3, 0.4) is 0 Å². The number of halogens is 1. The maximum Gasteiger partial charge on any atom is 0.317 e. The summed E-state index contributed by atoms with van der Waals surface area (Å²) in [5.74, 6) is 1.23. The lowest BCUT2D eigenvalue weighted by Crippen LogP contribution is -2.43. The zero-order valence-electron chi connectivity index (χ0n) is 14.9. The Kier molecular flexibility index (Phi) is 7.31. The van der Waals surface area contributed by atoms with Crippen LogP contribution in [0.2, 0.25) is 0 Å². The van der Waals surface area contributed by atoms with E-state index in [1.165, 1.54) is 11.1 Å². The number of carbonyl (C=O) groups is 1. The molecule has 0 fully saturated rings. The predicted molar refractivity (Wildman–Crippen MR) is 105 cm³/mol. The van der Waals surface area contributed by atoms with E-state index in [1.807, 2.05) is 55.5 Å². The molecule has 1 atom stereocenters. The van der Waals surface area contributed by atoms with Gasteiger partial charge in [0, 0.05) is 11.0 Å². The molecule has 0 saturated heterocycles. The van der Waals surface area contributed by atoms with Gasteiger partial charge in [-0.15, -0.1) is 0 Å². The molecular formula is C20H25BrN2O2. The molecule has 0 bridgehead atoms. The summed E-state index contributed by atoms with van der Waals surface area (Å²) in [7, 11) is 0. The Hall–Kier alpha value is -2.01. The van der Waals surface area contributed by atoms with Crippen LogP contribution in [-0.2, 0) is 6.42 Å². The van der Waals surface area contributed by atoms with Crippen LogP contribution in [0.1, 0.15) is 37.8 Å². The van der Waals surface area contributed by atoms with E-state index < -0.39 is 6.23 Å². The number of carbonyl (C=O) groups excluding carboxylic acids is 1. The highest BCUT2D eigenvalue weighted by molar-refractivity contribution is 9.10. The van der Waals surface area contributed by atoms with Crippen molar-refractivity contribution in [2.45, 2.75) is 39.3 Å². The molecule has 2 N–H and O–H groups in total. The molecule has 0 heterocycles. The van der Waals surface area contributed by atoms with Crippen LogP contribution >= 0.6 is 15.9 Å². The standard InChI is InChI=1S/C20H25BrN2O2/c1-14(2)17-6-10-19(11-7-17)25-15(3)23-20(24)22-13-12-16-4-8-18(21)9-5-16/h4-11,14-15H,12-13H2,1-3H3,(H2,22,23,24). The van der Waals surface area contributed by atoms with Crippen molar-refractivity contribution in [1.29, 1.82) is 0 Å². The molecule has 0 aliphatic heterocycles. The quantitative estimate of drug-likeness (QED) is 0.648. The highest BCUT2D eigenvalue weighted by atomic mass is 79.9. The molecule has 25 heavy (non-hydrogen) atoms. The Morgan fingerprint density at radius 2 is 1.68 bits per heavy atom. The van der Waals surface area contributed by atoms with E-state index in [4.69, 9.17) is 4.74 Å². The fourth-order valence-electron chi connectivity index (χ4n) is 2.37. The first-order valence-corrected chi connectivity index (χ1v) is 9.29. The lowest BCUT2D eigenvalue weighted by molar-refractivity contribution is 0.177. The van der Waals surface area contributed by atoms with E-state index in [0.29, 0.717) is 12.5 Å². The summed E-state index contributed by atoms with van der Waals surface area (Å²) >= 11 is 3.41. The maximum absolute atomic E-state index is 11.9. The zero-order chi connectivity index (χ0) is 18.2. The van der Waals surface area contributed by atoms with E-state index in [2.05, 4.69) is 40.4 Å². The number of amides is 2. The Morgan fingerprint density at radius 3 is 2.28 bits per heavy atom.